The number of allylic oxidation sites excluding steroid dienone is 2. The Bertz CT molecular complexity index is 643. The van der Waals surface area contributed by atoms with E-state index in [0.717, 1.165) is 11.3 Å². The molecule has 5 nitrogen and oxygen atoms in total. The molecule has 1 aliphatic heterocycles. The second-order valence-electron chi connectivity index (χ2n) is 5.65. The summed E-state index contributed by atoms with van der Waals surface area (Å²) in [7, 11) is 1.82. The van der Waals surface area contributed by atoms with Crippen LogP contribution in [0, 0.1) is 6.92 Å². The van der Waals surface area contributed by atoms with Gasteiger partial charge < -0.3 is 9.64 Å². The van der Waals surface area contributed by atoms with Crippen molar-refractivity contribution in [1.29, 1.82) is 0 Å². The highest BCUT2D eigenvalue weighted by molar-refractivity contribution is 5.73. The second kappa shape index (κ2) is 7.21. The maximum absolute atomic E-state index is 12.3. The van der Waals surface area contributed by atoms with Crippen molar-refractivity contribution in [2.45, 2.75) is 39.3 Å². The molecule has 0 saturated carbocycles. The molecule has 2 unspecified atom stereocenters. The minimum atomic E-state index is -4.38. The van der Waals surface area contributed by atoms with Gasteiger partial charge in [0.25, 0.3) is 0 Å². The van der Waals surface area contributed by atoms with Crippen LogP contribution in [0.3, 0.4) is 0 Å². The van der Waals surface area contributed by atoms with Crippen LogP contribution >= 0.6 is 0 Å². The lowest BCUT2D eigenvalue weighted by molar-refractivity contribution is -0.154. The molecule has 2 rings (SSSR count). The minimum Gasteiger partial charge on any atom is -0.468 e. The lowest BCUT2D eigenvalue weighted by Crippen LogP contribution is -2.44. The monoisotopic (exact) mass is 342 g/mol. The van der Waals surface area contributed by atoms with Gasteiger partial charge in [0.15, 0.2) is 12.9 Å². The summed E-state index contributed by atoms with van der Waals surface area (Å²) in [6.45, 7) is 4.31. The number of hydrogen-bond donors (Lipinski definition) is 1. The molecule has 0 bridgehead atoms. The third-order valence-electron chi connectivity index (χ3n) is 3.80. The maximum Gasteiger partial charge on any atom is 0.422 e. The van der Waals surface area contributed by atoms with Gasteiger partial charge in [-0.05, 0) is 45.5 Å². The Morgan fingerprint density at radius 3 is 2.67 bits per heavy atom. The third-order valence-corrected chi connectivity index (χ3v) is 3.80. The summed E-state index contributed by atoms with van der Waals surface area (Å²) in [4.78, 5) is 10.5. The first-order chi connectivity index (χ1) is 11.2. The summed E-state index contributed by atoms with van der Waals surface area (Å²) in [6, 6.07) is 1.74. The van der Waals surface area contributed by atoms with Crippen molar-refractivity contribution in [3.63, 3.8) is 0 Å². The first-order valence-electron chi connectivity index (χ1n) is 7.54. The van der Waals surface area contributed by atoms with E-state index >= 15 is 0 Å². The Morgan fingerprint density at radius 2 is 2.08 bits per heavy atom. The summed E-state index contributed by atoms with van der Waals surface area (Å²) in [5, 5.41) is 3.12. The van der Waals surface area contributed by atoms with E-state index in [0.29, 0.717) is 5.56 Å². The van der Waals surface area contributed by atoms with Crippen LogP contribution in [0.2, 0.25) is 0 Å². The molecular formula is C16H21F3N4O. The van der Waals surface area contributed by atoms with Gasteiger partial charge in [-0.15, -0.1) is 0 Å². The lowest BCUT2D eigenvalue weighted by Gasteiger charge is -2.38. The molecule has 0 fully saturated rings. The molecule has 1 aliphatic rings. The van der Waals surface area contributed by atoms with Gasteiger partial charge in [-0.2, -0.15) is 13.2 Å². The van der Waals surface area contributed by atoms with Crippen molar-refractivity contribution >= 4 is 6.21 Å². The number of rotatable bonds is 5. The van der Waals surface area contributed by atoms with Crippen molar-refractivity contribution < 1.29 is 17.9 Å². The fourth-order valence-electron chi connectivity index (χ4n) is 2.59. The van der Waals surface area contributed by atoms with Gasteiger partial charge >= 0.3 is 6.18 Å². The third kappa shape index (κ3) is 4.25. The van der Waals surface area contributed by atoms with Crippen molar-refractivity contribution in [2.24, 2.45) is 4.99 Å². The van der Waals surface area contributed by atoms with Gasteiger partial charge in [0.05, 0.1) is 6.04 Å². The zero-order valence-corrected chi connectivity index (χ0v) is 14.1. The molecule has 0 radical (unpaired) electrons. The number of aryl methyl sites for hydroxylation is 1. The highest BCUT2D eigenvalue weighted by atomic mass is 19.4. The van der Waals surface area contributed by atoms with Gasteiger partial charge in [0, 0.05) is 23.7 Å². The predicted octanol–water partition coefficient (Wildman–Crippen LogP) is 3.19. The Kier molecular flexibility index (Phi) is 5.48. The average molecular weight is 342 g/mol. The van der Waals surface area contributed by atoms with E-state index in [-0.39, 0.29) is 18.2 Å². The van der Waals surface area contributed by atoms with Crippen molar-refractivity contribution in [2.75, 3.05) is 13.7 Å². The topological polar surface area (TPSA) is 49.8 Å². The fourth-order valence-corrected chi connectivity index (χ4v) is 2.59. The van der Waals surface area contributed by atoms with E-state index in [1.807, 2.05) is 27.0 Å². The van der Waals surface area contributed by atoms with Crippen molar-refractivity contribution in [3.8, 4) is 5.88 Å². The molecule has 2 heterocycles. The van der Waals surface area contributed by atoms with Crippen LogP contribution in [-0.2, 0) is 0 Å². The zero-order chi connectivity index (χ0) is 17.9. The Labute approximate surface area is 139 Å². The van der Waals surface area contributed by atoms with Crippen LogP contribution in [0.5, 0.6) is 5.88 Å². The van der Waals surface area contributed by atoms with Crippen molar-refractivity contribution in [1.82, 2.24) is 15.2 Å². The summed E-state index contributed by atoms with van der Waals surface area (Å²) >= 11 is 0. The van der Waals surface area contributed by atoms with Gasteiger partial charge in [-0.1, -0.05) is 0 Å². The molecular weight excluding hydrogens is 321 g/mol. The average Bonchev–Trinajstić information content (AvgIpc) is 2.51. The van der Waals surface area contributed by atoms with Gasteiger partial charge in [0.2, 0.25) is 5.88 Å². The number of alkyl halides is 3. The van der Waals surface area contributed by atoms with Crippen LogP contribution < -0.4 is 10.1 Å². The fraction of sp³-hybridized carbons (Fsp3) is 0.500. The number of ether oxygens (including phenoxy) is 1. The maximum atomic E-state index is 12.3. The Balaban J connectivity index is 2.18. The predicted molar refractivity (Wildman–Crippen MR) is 85.9 cm³/mol. The number of hydrogen-bond acceptors (Lipinski definition) is 5. The van der Waals surface area contributed by atoms with Crippen LogP contribution in [0.1, 0.15) is 31.0 Å². The SMILES string of the molecule is CNC1N=CC=C(C)N1C(C)c1cnc(OCC(F)(F)F)c(C)c1. The van der Waals surface area contributed by atoms with E-state index in [2.05, 4.69) is 20.2 Å². The molecule has 132 valence electrons. The van der Waals surface area contributed by atoms with E-state index in [4.69, 9.17) is 4.74 Å². The molecule has 1 N–H and O–H groups in total. The molecule has 1 aromatic heterocycles. The van der Waals surface area contributed by atoms with Crippen LogP contribution in [0.4, 0.5) is 13.2 Å². The zero-order valence-electron chi connectivity index (χ0n) is 14.1. The Hall–Kier alpha value is -2.09. The number of aliphatic imine (C=N–C) groups is 1. The summed E-state index contributed by atoms with van der Waals surface area (Å²) < 4.78 is 41.5. The second-order valence-corrected chi connectivity index (χ2v) is 5.65. The van der Waals surface area contributed by atoms with Crippen LogP contribution in [-0.4, -0.2) is 42.2 Å². The number of pyridine rings is 1. The first kappa shape index (κ1) is 18.3. The number of halogens is 3. The van der Waals surface area contributed by atoms with Crippen LogP contribution in [0.15, 0.2) is 29.0 Å². The minimum absolute atomic E-state index is 0.00243. The summed E-state index contributed by atoms with van der Waals surface area (Å²) in [5.74, 6) is -0.00243. The molecule has 24 heavy (non-hydrogen) atoms. The van der Waals surface area contributed by atoms with Gasteiger partial charge in [0.1, 0.15) is 0 Å². The van der Waals surface area contributed by atoms with E-state index in [9.17, 15) is 13.2 Å². The number of nitrogens with zero attached hydrogens (tertiary/aromatic N) is 3. The summed E-state index contributed by atoms with van der Waals surface area (Å²) in [5.41, 5.74) is 2.47. The molecule has 0 aliphatic carbocycles. The highest BCUT2D eigenvalue weighted by Gasteiger charge is 2.29. The smallest absolute Gasteiger partial charge is 0.422 e. The largest absolute Gasteiger partial charge is 0.468 e. The number of aromatic nitrogens is 1. The molecule has 0 aromatic carbocycles. The molecule has 0 amide bonds. The molecule has 1 aromatic rings. The Morgan fingerprint density at radius 1 is 1.38 bits per heavy atom. The lowest BCUT2D eigenvalue weighted by atomic mass is 10.1. The first-order valence-corrected chi connectivity index (χ1v) is 7.54. The molecule has 2 atom stereocenters. The highest BCUT2D eigenvalue weighted by Crippen LogP contribution is 2.29. The summed E-state index contributed by atoms with van der Waals surface area (Å²) in [6.07, 6.45) is 0.615. The normalized spacial score (nSPS) is 19.2. The van der Waals surface area contributed by atoms with Gasteiger partial charge in [-0.3, -0.25) is 10.3 Å². The van der Waals surface area contributed by atoms with Gasteiger partial charge in [-0.25, -0.2) is 4.98 Å². The standard InChI is InChI=1S/C16H21F3N4O/c1-10-7-13(8-22-14(10)24-9-16(17,18)19)12(3)23-11(2)5-6-21-15(23)20-4/h5-8,12,15,20H,9H2,1-4H3. The molecule has 8 heteroatoms. The van der Waals surface area contributed by atoms with E-state index in [1.165, 1.54) is 0 Å². The quantitative estimate of drug-likeness (QED) is 0.893. The molecule has 0 spiro atoms. The van der Waals surface area contributed by atoms with E-state index < -0.39 is 12.8 Å². The van der Waals surface area contributed by atoms with Crippen molar-refractivity contribution in [3.05, 3.63) is 35.2 Å². The number of nitrogens with one attached hydrogen (secondary N) is 1. The van der Waals surface area contributed by atoms with E-state index in [1.54, 1.807) is 25.4 Å². The molecule has 0 saturated heterocycles. The van der Waals surface area contributed by atoms with Crippen LogP contribution in [0.25, 0.3) is 0 Å².